The van der Waals surface area contributed by atoms with Crippen LogP contribution in [0.25, 0.3) is 11.1 Å². The fourth-order valence-electron chi connectivity index (χ4n) is 6.26. The Kier molecular flexibility index (Phi) is 9.07. The van der Waals surface area contributed by atoms with Gasteiger partial charge in [0.1, 0.15) is 11.2 Å². The largest absolute Gasteiger partial charge is 0.480 e. The lowest BCUT2D eigenvalue weighted by molar-refractivity contribution is -0.138. The maximum atomic E-state index is 12.9. The first-order valence-corrected chi connectivity index (χ1v) is 15.6. The SMILES string of the molecule is CC1NN(C2CCNC(Nc3ccc(-c4csc5c4OC(N4CCOCC4)CC5=O)cc3)N2)CC1CN(C)CC(=O)O. The number of nitrogens with zero attached hydrogens (tertiary/aromatic N) is 3. The van der Waals surface area contributed by atoms with Gasteiger partial charge in [-0.25, -0.2) is 5.01 Å². The van der Waals surface area contributed by atoms with Gasteiger partial charge in [0, 0.05) is 61.3 Å². The van der Waals surface area contributed by atoms with Crippen LogP contribution in [-0.2, 0) is 9.53 Å². The van der Waals surface area contributed by atoms with E-state index in [4.69, 9.17) is 14.6 Å². The van der Waals surface area contributed by atoms with Gasteiger partial charge in [0.2, 0.25) is 0 Å². The molecule has 5 N–H and O–H groups in total. The van der Waals surface area contributed by atoms with Crippen LogP contribution >= 0.6 is 11.3 Å². The number of benzene rings is 1. The Balaban J connectivity index is 1.06. The highest BCUT2D eigenvalue weighted by atomic mass is 32.1. The fourth-order valence-corrected chi connectivity index (χ4v) is 7.22. The van der Waals surface area contributed by atoms with E-state index in [0.717, 1.165) is 56.0 Å². The maximum Gasteiger partial charge on any atom is 0.317 e. The predicted molar refractivity (Wildman–Crippen MR) is 160 cm³/mol. The van der Waals surface area contributed by atoms with Gasteiger partial charge in [-0.05, 0) is 38.1 Å². The Morgan fingerprint density at radius 1 is 1.24 bits per heavy atom. The van der Waals surface area contributed by atoms with Gasteiger partial charge in [0.25, 0.3) is 0 Å². The fraction of sp³-hybridized carbons (Fsp3) is 0.586. The highest BCUT2D eigenvalue weighted by Crippen LogP contribution is 2.43. The van der Waals surface area contributed by atoms with Crippen LogP contribution in [0.15, 0.2) is 29.6 Å². The van der Waals surface area contributed by atoms with Crippen LogP contribution in [0.1, 0.15) is 29.4 Å². The molecule has 13 heteroatoms. The second kappa shape index (κ2) is 12.9. The lowest BCUT2D eigenvalue weighted by Gasteiger charge is -2.38. The van der Waals surface area contributed by atoms with Crippen LogP contribution in [0.2, 0.25) is 0 Å². The number of aliphatic carboxylic acids is 1. The van der Waals surface area contributed by atoms with Gasteiger partial charge in [-0.15, -0.1) is 11.3 Å². The van der Waals surface area contributed by atoms with E-state index in [1.807, 2.05) is 17.3 Å². The number of likely N-dealkylation sites (N-methyl/N-ethyl adjacent to an activating group) is 1. The number of hydrogen-bond donors (Lipinski definition) is 5. The quantitative estimate of drug-likeness (QED) is 0.286. The van der Waals surface area contributed by atoms with Crippen molar-refractivity contribution >= 4 is 28.8 Å². The van der Waals surface area contributed by atoms with E-state index in [2.05, 4.69) is 62.5 Å². The second-order valence-electron chi connectivity index (χ2n) is 11.7. The number of ketones is 1. The van der Waals surface area contributed by atoms with Crippen molar-refractivity contribution in [1.82, 2.24) is 30.9 Å². The van der Waals surface area contributed by atoms with Gasteiger partial charge in [-0.1, -0.05) is 12.1 Å². The van der Waals surface area contributed by atoms with Crippen molar-refractivity contribution in [2.24, 2.45) is 5.92 Å². The third-order valence-electron chi connectivity index (χ3n) is 8.53. The molecule has 5 unspecified atom stereocenters. The summed E-state index contributed by atoms with van der Waals surface area (Å²) in [4.78, 5) is 28.8. The van der Waals surface area contributed by atoms with Crippen LogP contribution < -0.4 is 26.1 Å². The standard InChI is InChI=1S/C29H41N7O5S/c1-18-20(14-34(2)16-26(38)39)15-36(33-18)24-7-8-30-29(32-24)31-21-5-3-19(4-6-21)22-17-42-28-23(37)13-25(41-27(22)28)35-9-11-40-12-10-35/h3-6,17-18,20,24-25,29-33H,7-16H2,1-2H3,(H,38,39). The van der Waals surface area contributed by atoms with Crippen molar-refractivity contribution < 1.29 is 24.2 Å². The molecular formula is C29H41N7O5S. The molecule has 2 aromatic rings. The van der Waals surface area contributed by atoms with E-state index in [1.54, 1.807) is 0 Å². The van der Waals surface area contributed by atoms with Crippen molar-refractivity contribution in [3.63, 3.8) is 0 Å². The highest BCUT2D eigenvalue weighted by molar-refractivity contribution is 7.13. The van der Waals surface area contributed by atoms with Crippen LogP contribution in [0, 0.1) is 5.92 Å². The van der Waals surface area contributed by atoms with Crippen molar-refractivity contribution in [3.8, 4) is 16.9 Å². The molecule has 3 saturated heterocycles. The molecule has 3 fully saturated rings. The topological polar surface area (TPSA) is 131 Å². The number of carboxylic acids is 1. The molecule has 1 aromatic carbocycles. The normalized spacial score (nSPS) is 28.9. The van der Waals surface area contributed by atoms with Crippen molar-refractivity contribution in [2.45, 2.75) is 44.5 Å². The average Bonchev–Trinajstić information content (AvgIpc) is 3.57. The number of carboxylic acid groups (broad SMARTS) is 1. The highest BCUT2D eigenvalue weighted by Gasteiger charge is 2.37. The Labute approximate surface area is 250 Å². The lowest BCUT2D eigenvalue weighted by Crippen LogP contribution is -2.63. The van der Waals surface area contributed by atoms with E-state index < -0.39 is 5.97 Å². The van der Waals surface area contributed by atoms with Gasteiger partial charge in [-0.3, -0.25) is 35.4 Å². The summed E-state index contributed by atoms with van der Waals surface area (Å²) >= 11 is 1.46. The van der Waals surface area contributed by atoms with Gasteiger partial charge in [0.15, 0.2) is 17.8 Å². The first kappa shape index (κ1) is 29.5. The van der Waals surface area contributed by atoms with Crippen LogP contribution in [0.4, 0.5) is 5.69 Å². The van der Waals surface area contributed by atoms with E-state index in [9.17, 15) is 9.59 Å². The minimum Gasteiger partial charge on any atom is -0.480 e. The zero-order valence-electron chi connectivity index (χ0n) is 24.2. The van der Waals surface area contributed by atoms with Gasteiger partial charge in [-0.2, -0.15) is 0 Å². The molecule has 0 aliphatic carbocycles. The molecule has 0 bridgehead atoms. The van der Waals surface area contributed by atoms with Crippen molar-refractivity contribution in [1.29, 1.82) is 0 Å². The number of nitrogens with one attached hydrogen (secondary N) is 4. The molecular weight excluding hydrogens is 558 g/mol. The smallest absolute Gasteiger partial charge is 0.317 e. The zero-order valence-corrected chi connectivity index (χ0v) is 25.0. The number of anilines is 1. The first-order chi connectivity index (χ1) is 20.3. The molecule has 5 atom stereocenters. The molecule has 6 rings (SSSR count). The van der Waals surface area contributed by atoms with Gasteiger partial charge < -0.3 is 19.9 Å². The van der Waals surface area contributed by atoms with Crippen LogP contribution in [0.5, 0.6) is 5.75 Å². The zero-order chi connectivity index (χ0) is 29.2. The second-order valence-corrected chi connectivity index (χ2v) is 12.5. The third-order valence-corrected chi connectivity index (χ3v) is 9.54. The lowest BCUT2D eigenvalue weighted by atomic mass is 10.0. The summed E-state index contributed by atoms with van der Waals surface area (Å²) in [6.45, 7) is 7.53. The number of hydrogen-bond acceptors (Lipinski definition) is 12. The molecule has 0 spiro atoms. The van der Waals surface area contributed by atoms with Gasteiger partial charge in [0.05, 0.1) is 32.3 Å². The minimum absolute atomic E-state index is 0.0502. The number of Topliss-reactive ketones (excluding diaryl/α,β-unsaturated/α-hetero) is 1. The number of ether oxygens (including phenoxy) is 2. The Morgan fingerprint density at radius 2 is 2.02 bits per heavy atom. The van der Waals surface area contributed by atoms with Gasteiger partial charge >= 0.3 is 5.97 Å². The maximum absolute atomic E-state index is 12.9. The monoisotopic (exact) mass is 599 g/mol. The molecule has 4 aliphatic rings. The number of thiophene rings is 1. The number of morpholine rings is 1. The summed E-state index contributed by atoms with van der Waals surface area (Å²) in [7, 11) is 1.86. The number of carbonyl (C=O) groups excluding carboxylic acids is 1. The molecule has 5 heterocycles. The number of hydrazine groups is 1. The molecule has 0 amide bonds. The van der Waals surface area contributed by atoms with Crippen LogP contribution in [0.3, 0.4) is 0 Å². The Bertz CT molecular complexity index is 1250. The molecule has 4 aliphatic heterocycles. The van der Waals surface area contributed by atoms with E-state index in [1.165, 1.54) is 11.3 Å². The molecule has 228 valence electrons. The predicted octanol–water partition coefficient (Wildman–Crippen LogP) is 1.48. The first-order valence-electron chi connectivity index (χ1n) is 14.8. The molecule has 0 radical (unpaired) electrons. The number of rotatable bonds is 9. The van der Waals surface area contributed by atoms with Crippen LogP contribution in [-0.4, -0.2) is 116 Å². The number of fused-ring (bicyclic) bond motifs is 1. The van der Waals surface area contributed by atoms with E-state index >= 15 is 0 Å². The van der Waals surface area contributed by atoms with Crippen molar-refractivity contribution in [2.75, 3.05) is 64.8 Å². The molecule has 0 saturated carbocycles. The summed E-state index contributed by atoms with van der Waals surface area (Å²) in [5, 5.41) is 24.1. The minimum atomic E-state index is -0.800. The van der Waals surface area contributed by atoms with E-state index in [0.29, 0.717) is 36.2 Å². The average molecular weight is 600 g/mol. The summed E-state index contributed by atoms with van der Waals surface area (Å²) in [5.74, 6) is 0.389. The number of carbonyl (C=O) groups is 2. The summed E-state index contributed by atoms with van der Waals surface area (Å²) in [6.07, 6.45) is 1.12. The Morgan fingerprint density at radius 3 is 2.79 bits per heavy atom. The molecule has 1 aromatic heterocycles. The summed E-state index contributed by atoms with van der Waals surface area (Å²) in [5.41, 5.74) is 6.54. The van der Waals surface area contributed by atoms with Crippen molar-refractivity contribution in [3.05, 3.63) is 34.5 Å². The summed E-state index contributed by atoms with van der Waals surface area (Å²) < 4.78 is 11.9. The molecule has 42 heavy (non-hydrogen) atoms. The summed E-state index contributed by atoms with van der Waals surface area (Å²) in [6, 6.07) is 8.52. The molecule has 12 nitrogen and oxygen atoms in total. The van der Waals surface area contributed by atoms with E-state index in [-0.39, 0.29) is 37.1 Å². The third kappa shape index (κ3) is 6.63. The Hall–Kier alpha value is -2.62.